The molecule has 0 rings (SSSR count). The van der Waals surface area contributed by atoms with E-state index in [1.807, 2.05) is 0 Å². The summed E-state index contributed by atoms with van der Waals surface area (Å²) in [6.45, 7) is 6.37. The first-order chi connectivity index (χ1) is 8.70. The van der Waals surface area contributed by atoms with Gasteiger partial charge in [0.25, 0.3) is 0 Å². The number of rotatable bonds is 12. The zero-order valence-electron chi connectivity index (χ0n) is 12.0. The number of aliphatic carboxylic acids is 1. The molecule has 0 aromatic rings. The van der Waals surface area contributed by atoms with E-state index in [0.29, 0.717) is 0 Å². The Kier molecular flexibility index (Phi) is 11.8. The van der Waals surface area contributed by atoms with Crippen LogP contribution in [0.25, 0.3) is 0 Å². The van der Waals surface area contributed by atoms with Crippen molar-refractivity contribution in [3.63, 3.8) is 0 Å². The Morgan fingerprint density at radius 2 is 1.44 bits per heavy atom. The molecule has 0 saturated carbocycles. The topological polar surface area (TPSA) is 40.5 Å². The van der Waals surface area contributed by atoms with E-state index in [2.05, 4.69) is 18.7 Å². The fraction of sp³-hybridized carbons (Fsp3) is 0.800. The first-order valence-electron chi connectivity index (χ1n) is 7.35. The largest absolute Gasteiger partial charge is 0.478 e. The lowest BCUT2D eigenvalue weighted by Gasteiger charge is -2.20. The molecule has 0 spiro atoms. The first kappa shape index (κ1) is 17.0. The molecule has 0 heterocycles. The number of unbranched alkanes of at least 4 members (excludes halogenated alkanes) is 6. The lowest BCUT2D eigenvalue weighted by Crippen LogP contribution is -2.20. The standard InChI is InChI=1S/C15H29NO2/c1-3-5-7-9-12-16(14-11-15(17)18)13-10-8-6-4-2/h11,14H,3-10,12-13H2,1-2H3,(H,17,18). The van der Waals surface area contributed by atoms with Crippen LogP contribution < -0.4 is 0 Å². The molecule has 0 saturated heterocycles. The number of hydrogen-bond acceptors (Lipinski definition) is 2. The van der Waals surface area contributed by atoms with Gasteiger partial charge in [0.05, 0.1) is 0 Å². The van der Waals surface area contributed by atoms with Crippen LogP contribution in [0.4, 0.5) is 0 Å². The van der Waals surface area contributed by atoms with E-state index >= 15 is 0 Å². The monoisotopic (exact) mass is 255 g/mol. The smallest absolute Gasteiger partial charge is 0.329 e. The fourth-order valence-electron chi connectivity index (χ4n) is 1.91. The number of carboxylic acid groups (broad SMARTS) is 1. The summed E-state index contributed by atoms with van der Waals surface area (Å²) < 4.78 is 0. The van der Waals surface area contributed by atoms with E-state index in [0.717, 1.165) is 25.9 Å². The number of nitrogens with zero attached hydrogens (tertiary/aromatic N) is 1. The van der Waals surface area contributed by atoms with E-state index in [-0.39, 0.29) is 0 Å². The minimum atomic E-state index is -0.859. The van der Waals surface area contributed by atoms with Crippen LogP contribution in [0.1, 0.15) is 65.2 Å². The van der Waals surface area contributed by atoms with Gasteiger partial charge in [0.2, 0.25) is 0 Å². The van der Waals surface area contributed by atoms with Crippen molar-refractivity contribution in [3.05, 3.63) is 12.3 Å². The predicted molar refractivity (Wildman–Crippen MR) is 76.6 cm³/mol. The Balaban J connectivity index is 3.88. The molecule has 1 N–H and O–H groups in total. The normalized spacial score (nSPS) is 11.0. The Hall–Kier alpha value is -0.990. The summed E-state index contributed by atoms with van der Waals surface area (Å²) >= 11 is 0. The molecule has 0 amide bonds. The number of carbonyl (C=O) groups is 1. The highest BCUT2D eigenvalue weighted by molar-refractivity contribution is 5.79. The molecule has 0 aromatic carbocycles. The molecule has 106 valence electrons. The van der Waals surface area contributed by atoms with Gasteiger partial charge in [-0.1, -0.05) is 52.4 Å². The maximum atomic E-state index is 10.5. The molecule has 0 radical (unpaired) electrons. The van der Waals surface area contributed by atoms with Crippen molar-refractivity contribution in [2.45, 2.75) is 65.2 Å². The average molecular weight is 255 g/mol. The summed E-state index contributed by atoms with van der Waals surface area (Å²) in [5.41, 5.74) is 0. The second-order valence-corrected chi connectivity index (χ2v) is 4.81. The van der Waals surface area contributed by atoms with E-state index in [4.69, 9.17) is 5.11 Å². The van der Waals surface area contributed by atoms with Gasteiger partial charge in [-0.15, -0.1) is 0 Å². The van der Waals surface area contributed by atoms with Crippen LogP contribution in [0, 0.1) is 0 Å². The van der Waals surface area contributed by atoms with Gasteiger partial charge in [0.15, 0.2) is 0 Å². The molecular weight excluding hydrogens is 226 g/mol. The first-order valence-corrected chi connectivity index (χ1v) is 7.35. The lowest BCUT2D eigenvalue weighted by molar-refractivity contribution is -0.131. The van der Waals surface area contributed by atoms with Gasteiger partial charge in [-0.2, -0.15) is 0 Å². The summed E-state index contributed by atoms with van der Waals surface area (Å²) in [5.74, 6) is -0.859. The minimum absolute atomic E-state index is 0.859. The average Bonchev–Trinajstić information content (AvgIpc) is 2.35. The summed E-state index contributed by atoms with van der Waals surface area (Å²) in [6, 6.07) is 0. The quantitative estimate of drug-likeness (QED) is 0.422. The van der Waals surface area contributed by atoms with Crippen molar-refractivity contribution in [1.82, 2.24) is 4.90 Å². The maximum Gasteiger partial charge on any atom is 0.329 e. The maximum absolute atomic E-state index is 10.5. The zero-order valence-corrected chi connectivity index (χ0v) is 12.0. The van der Waals surface area contributed by atoms with Crippen molar-refractivity contribution >= 4 is 5.97 Å². The van der Waals surface area contributed by atoms with Gasteiger partial charge in [0, 0.05) is 25.4 Å². The van der Waals surface area contributed by atoms with Gasteiger partial charge in [-0.3, -0.25) is 0 Å². The van der Waals surface area contributed by atoms with Crippen LogP contribution >= 0.6 is 0 Å². The highest BCUT2D eigenvalue weighted by Gasteiger charge is 2.00. The summed E-state index contributed by atoms with van der Waals surface area (Å²) in [7, 11) is 0. The van der Waals surface area contributed by atoms with Crippen molar-refractivity contribution in [3.8, 4) is 0 Å². The second-order valence-electron chi connectivity index (χ2n) is 4.81. The van der Waals surface area contributed by atoms with E-state index < -0.39 is 5.97 Å². The molecule has 0 aromatic heterocycles. The highest BCUT2D eigenvalue weighted by atomic mass is 16.4. The summed E-state index contributed by atoms with van der Waals surface area (Å²) in [5, 5.41) is 8.67. The Morgan fingerprint density at radius 1 is 0.944 bits per heavy atom. The Labute approximate surface area is 112 Å². The Bertz CT molecular complexity index is 215. The molecule has 0 fully saturated rings. The van der Waals surface area contributed by atoms with Crippen LogP contribution in [0.5, 0.6) is 0 Å². The van der Waals surface area contributed by atoms with Crippen LogP contribution in [0.2, 0.25) is 0 Å². The van der Waals surface area contributed by atoms with Crippen LogP contribution in [-0.4, -0.2) is 29.1 Å². The molecule has 0 aliphatic carbocycles. The molecule has 3 nitrogen and oxygen atoms in total. The zero-order chi connectivity index (χ0) is 13.6. The van der Waals surface area contributed by atoms with E-state index in [9.17, 15) is 4.79 Å². The number of carboxylic acids is 1. The third-order valence-corrected chi connectivity index (χ3v) is 3.03. The summed E-state index contributed by atoms with van der Waals surface area (Å²) in [4.78, 5) is 12.7. The SMILES string of the molecule is CCCCCCN(C=CC(=O)O)CCCCCC. The van der Waals surface area contributed by atoms with Gasteiger partial charge in [-0.05, 0) is 12.8 Å². The summed E-state index contributed by atoms with van der Waals surface area (Å²) in [6.07, 6.45) is 12.8. The van der Waals surface area contributed by atoms with Gasteiger partial charge in [-0.25, -0.2) is 4.79 Å². The third kappa shape index (κ3) is 11.5. The molecule has 3 heteroatoms. The molecule has 0 aliphatic heterocycles. The molecule has 0 bridgehead atoms. The van der Waals surface area contributed by atoms with Gasteiger partial charge >= 0.3 is 5.97 Å². The van der Waals surface area contributed by atoms with Gasteiger partial charge < -0.3 is 10.0 Å². The van der Waals surface area contributed by atoms with Crippen molar-refractivity contribution in [2.24, 2.45) is 0 Å². The van der Waals surface area contributed by atoms with E-state index in [1.165, 1.54) is 44.6 Å². The van der Waals surface area contributed by atoms with Crippen LogP contribution in [-0.2, 0) is 4.79 Å². The second kappa shape index (κ2) is 12.5. The van der Waals surface area contributed by atoms with Crippen LogP contribution in [0.3, 0.4) is 0 Å². The molecule has 0 unspecified atom stereocenters. The fourth-order valence-corrected chi connectivity index (χ4v) is 1.91. The Morgan fingerprint density at radius 3 is 1.83 bits per heavy atom. The minimum Gasteiger partial charge on any atom is -0.478 e. The highest BCUT2D eigenvalue weighted by Crippen LogP contribution is 2.05. The van der Waals surface area contributed by atoms with E-state index in [1.54, 1.807) is 6.20 Å². The van der Waals surface area contributed by atoms with Crippen molar-refractivity contribution in [2.75, 3.05) is 13.1 Å². The van der Waals surface area contributed by atoms with Crippen molar-refractivity contribution < 1.29 is 9.90 Å². The molecule has 0 atom stereocenters. The lowest BCUT2D eigenvalue weighted by atomic mass is 10.2. The molecule has 18 heavy (non-hydrogen) atoms. The third-order valence-electron chi connectivity index (χ3n) is 3.03. The molecular formula is C15H29NO2. The molecule has 0 aliphatic rings. The predicted octanol–water partition coefficient (Wildman–Crippen LogP) is 4.05. The number of hydrogen-bond donors (Lipinski definition) is 1. The van der Waals surface area contributed by atoms with Crippen LogP contribution in [0.15, 0.2) is 12.3 Å². The van der Waals surface area contributed by atoms with Crippen molar-refractivity contribution in [1.29, 1.82) is 0 Å². The van der Waals surface area contributed by atoms with Gasteiger partial charge in [0.1, 0.15) is 0 Å².